The van der Waals surface area contributed by atoms with E-state index in [9.17, 15) is 8.42 Å². The van der Waals surface area contributed by atoms with Crippen LogP contribution in [0, 0.1) is 5.92 Å². The maximum atomic E-state index is 12.7. The maximum Gasteiger partial charge on any atom is 0.242 e. The van der Waals surface area contributed by atoms with E-state index in [1.54, 1.807) is 18.2 Å². The summed E-state index contributed by atoms with van der Waals surface area (Å²) in [5.41, 5.74) is 0.639. The number of likely N-dealkylation sites (N-methyl/N-ethyl adjacent to an activating group) is 1. The second-order valence-electron chi connectivity index (χ2n) is 5.76. The monoisotopic (exact) mass is 313 g/mol. The minimum Gasteiger partial charge on any atom is -0.384 e. The van der Waals surface area contributed by atoms with Gasteiger partial charge in [0, 0.05) is 19.1 Å². The van der Waals surface area contributed by atoms with Crippen molar-refractivity contribution in [2.75, 3.05) is 32.5 Å². The third-order valence-electron chi connectivity index (χ3n) is 3.22. The normalized spacial score (nSPS) is 13.7. The van der Waals surface area contributed by atoms with Gasteiger partial charge in [-0.1, -0.05) is 26.0 Å². The number of benzene rings is 1. The Morgan fingerprint density at radius 2 is 1.81 bits per heavy atom. The Hall–Kier alpha value is -1.11. The number of nitrogens with zero attached hydrogens (tertiary/aromatic N) is 1. The van der Waals surface area contributed by atoms with Gasteiger partial charge in [-0.25, -0.2) is 13.1 Å². The van der Waals surface area contributed by atoms with Crippen LogP contribution in [-0.2, 0) is 10.0 Å². The van der Waals surface area contributed by atoms with E-state index in [0.29, 0.717) is 23.7 Å². The molecule has 0 fully saturated rings. The molecule has 0 heterocycles. The molecule has 0 aliphatic heterocycles. The predicted octanol–water partition coefficient (Wildman–Crippen LogP) is 1.98. The minimum absolute atomic E-state index is 0.125. The van der Waals surface area contributed by atoms with Crippen LogP contribution in [0.1, 0.15) is 20.8 Å². The molecule has 1 rings (SSSR count). The average Bonchev–Trinajstić information content (AvgIpc) is 2.38. The van der Waals surface area contributed by atoms with Gasteiger partial charge in [0.05, 0.1) is 5.69 Å². The molecular weight excluding hydrogens is 286 g/mol. The van der Waals surface area contributed by atoms with Crippen molar-refractivity contribution >= 4 is 15.7 Å². The highest BCUT2D eigenvalue weighted by molar-refractivity contribution is 7.89. The molecule has 0 amide bonds. The van der Waals surface area contributed by atoms with Crippen molar-refractivity contribution in [3.05, 3.63) is 24.3 Å². The first-order valence-electron chi connectivity index (χ1n) is 7.28. The van der Waals surface area contributed by atoms with Crippen LogP contribution >= 0.6 is 0 Å². The fourth-order valence-corrected chi connectivity index (χ4v) is 3.64. The van der Waals surface area contributed by atoms with Crippen molar-refractivity contribution in [3.63, 3.8) is 0 Å². The van der Waals surface area contributed by atoms with Crippen LogP contribution in [0.25, 0.3) is 0 Å². The van der Waals surface area contributed by atoms with Gasteiger partial charge in [-0.15, -0.1) is 0 Å². The molecule has 2 N–H and O–H groups in total. The number of hydrogen-bond donors (Lipinski definition) is 2. The van der Waals surface area contributed by atoms with E-state index in [4.69, 9.17) is 0 Å². The molecule has 0 saturated heterocycles. The van der Waals surface area contributed by atoms with Gasteiger partial charge in [-0.05, 0) is 39.1 Å². The Balaban J connectivity index is 3.04. The van der Waals surface area contributed by atoms with Crippen LogP contribution in [0.3, 0.4) is 0 Å². The molecular formula is C15H27N3O2S. The molecule has 1 aromatic rings. The zero-order valence-corrected chi connectivity index (χ0v) is 14.4. The van der Waals surface area contributed by atoms with E-state index in [0.717, 1.165) is 0 Å². The zero-order valence-electron chi connectivity index (χ0n) is 13.6. The highest BCUT2D eigenvalue weighted by Gasteiger charge is 2.24. The first-order chi connectivity index (χ1) is 9.77. The lowest BCUT2D eigenvalue weighted by molar-refractivity contribution is 0.314. The second kappa shape index (κ2) is 7.77. The standard InChI is InChI=1S/C15H27N3O2S/c1-6-16-13-9-7-8-10-15(13)21(19,20)17-14(12(2)3)11-18(4)5/h7-10,12,14,16-17H,6,11H2,1-5H3. The first-order valence-corrected chi connectivity index (χ1v) is 8.76. The van der Waals surface area contributed by atoms with Gasteiger partial charge in [0.2, 0.25) is 10.0 Å². The lowest BCUT2D eigenvalue weighted by atomic mass is 10.1. The van der Waals surface area contributed by atoms with Crippen molar-refractivity contribution in [2.45, 2.75) is 31.7 Å². The largest absolute Gasteiger partial charge is 0.384 e. The van der Waals surface area contributed by atoms with Crippen molar-refractivity contribution in [1.82, 2.24) is 9.62 Å². The molecule has 0 aromatic heterocycles. The Morgan fingerprint density at radius 1 is 1.19 bits per heavy atom. The molecule has 0 bridgehead atoms. The number of para-hydroxylation sites is 1. The summed E-state index contributed by atoms with van der Waals surface area (Å²) in [4.78, 5) is 2.29. The molecule has 1 atom stereocenters. The van der Waals surface area contributed by atoms with Crippen molar-refractivity contribution < 1.29 is 8.42 Å². The molecule has 0 saturated carbocycles. The van der Waals surface area contributed by atoms with E-state index in [1.807, 2.05) is 45.8 Å². The van der Waals surface area contributed by atoms with E-state index in [2.05, 4.69) is 10.0 Å². The van der Waals surface area contributed by atoms with Crippen molar-refractivity contribution in [1.29, 1.82) is 0 Å². The molecule has 120 valence electrons. The zero-order chi connectivity index (χ0) is 16.0. The topological polar surface area (TPSA) is 61.4 Å². The summed E-state index contributed by atoms with van der Waals surface area (Å²) >= 11 is 0. The molecule has 1 unspecified atom stereocenters. The third-order valence-corrected chi connectivity index (χ3v) is 4.76. The molecule has 21 heavy (non-hydrogen) atoms. The van der Waals surface area contributed by atoms with Crippen LogP contribution in [0.5, 0.6) is 0 Å². The van der Waals surface area contributed by atoms with E-state index >= 15 is 0 Å². The second-order valence-corrected chi connectivity index (χ2v) is 7.44. The van der Waals surface area contributed by atoms with Gasteiger partial charge in [-0.2, -0.15) is 0 Å². The SMILES string of the molecule is CCNc1ccccc1S(=O)(=O)NC(CN(C)C)C(C)C. The minimum atomic E-state index is -3.54. The Morgan fingerprint density at radius 3 is 2.33 bits per heavy atom. The van der Waals surface area contributed by atoms with Crippen molar-refractivity contribution in [2.24, 2.45) is 5.92 Å². The van der Waals surface area contributed by atoms with Gasteiger partial charge < -0.3 is 10.2 Å². The van der Waals surface area contributed by atoms with E-state index < -0.39 is 10.0 Å². The van der Waals surface area contributed by atoms with Gasteiger partial charge in [0.25, 0.3) is 0 Å². The predicted molar refractivity (Wildman–Crippen MR) is 88.1 cm³/mol. The number of nitrogens with one attached hydrogen (secondary N) is 2. The molecule has 6 heteroatoms. The summed E-state index contributed by atoms with van der Waals surface area (Å²) in [5.74, 6) is 0.216. The van der Waals surface area contributed by atoms with Crippen LogP contribution in [0.4, 0.5) is 5.69 Å². The summed E-state index contributed by atoms with van der Waals surface area (Å²) < 4.78 is 28.1. The third kappa shape index (κ3) is 5.30. The quantitative estimate of drug-likeness (QED) is 0.770. The molecule has 0 radical (unpaired) electrons. The molecule has 0 aliphatic rings. The van der Waals surface area contributed by atoms with Gasteiger partial charge in [0.15, 0.2) is 0 Å². The van der Waals surface area contributed by atoms with Crippen LogP contribution in [0.15, 0.2) is 29.2 Å². The summed E-state index contributed by atoms with van der Waals surface area (Å²) in [5, 5.41) is 3.10. The van der Waals surface area contributed by atoms with Crippen molar-refractivity contribution in [3.8, 4) is 0 Å². The fraction of sp³-hybridized carbons (Fsp3) is 0.600. The highest BCUT2D eigenvalue weighted by atomic mass is 32.2. The lowest BCUT2D eigenvalue weighted by Gasteiger charge is -2.26. The fourth-order valence-electron chi connectivity index (χ4n) is 2.08. The molecule has 0 spiro atoms. The van der Waals surface area contributed by atoms with Crippen LogP contribution in [-0.4, -0.2) is 46.5 Å². The maximum absolute atomic E-state index is 12.7. The Bertz CT molecular complexity index is 542. The molecule has 5 nitrogen and oxygen atoms in total. The summed E-state index contributed by atoms with van der Waals surface area (Å²) in [6, 6.07) is 6.87. The summed E-state index contributed by atoms with van der Waals surface area (Å²) in [6.45, 7) is 7.33. The average molecular weight is 313 g/mol. The Labute approximate surface area is 128 Å². The first kappa shape index (κ1) is 17.9. The molecule has 1 aromatic carbocycles. The Kier molecular flexibility index (Phi) is 6.64. The highest BCUT2D eigenvalue weighted by Crippen LogP contribution is 2.21. The number of sulfonamides is 1. The van der Waals surface area contributed by atoms with Gasteiger partial charge in [-0.3, -0.25) is 0 Å². The van der Waals surface area contributed by atoms with Gasteiger partial charge in [0.1, 0.15) is 4.90 Å². The number of rotatable bonds is 8. The summed E-state index contributed by atoms with van der Waals surface area (Å²) in [6.07, 6.45) is 0. The van der Waals surface area contributed by atoms with Gasteiger partial charge >= 0.3 is 0 Å². The summed E-state index contributed by atoms with van der Waals surface area (Å²) in [7, 11) is 0.339. The van der Waals surface area contributed by atoms with E-state index in [1.165, 1.54) is 0 Å². The number of hydrogen-bond acceptors (Lipinski definition) is 4. The lowest BCUT2D eigenvalue weighted by Crippen LogP contribution is -2.45. The number of anilines is 1. The van der Waals surface area contributed by atoms with Crippen LogP contribution in [0.2, 0.25) is 0 Å². The smallest absolute Gasteiger partial charge is 0.242 e. The van der Waals surface area contributed by atoms with Crippen LogP contribution < -0.4 is 10.0 Å². The molecule has 0 aliphatic carbocycles. The van der Waals surface area contributed by atoms with E-state index in [-0.39, 0.29) is 12.0 Å².